The van der Waals surface area contributed by atoms with Crippen molar-refractivity contribution < 1.29 is 23.4 Å². The molecule has 15 heavy (non-hydrogen) atoms. The van der Waals surface area contributed by atoms with Gasteiger partial charge in [-0.2, -0.15) is 0 Å². The minimum atomic E-state index is -2.81. The van der Waals surface area contributed by atoms with E-state index < -0.39 is 18.0 Å². The minimum absolute atomic E-state index is 0.142. The summed E-state index contributed by atoms with van der Waals surface area (Å²) in [6.07, 6.45) is -2.81. The number of hydrogen-bond acceptors (Lipinski definition) is 3. The van der Waals surface area contributed by atoms with Crippen molar-refractivity contribution in [3.8, 4) is 5.88 Å². The van der Waals surface area contributed by atoms with Crippen LogP contribution in [0, 0.1) is 6.92 Å². The number of methoxy groups -OCH3 is 1. The number of ether oxygens (including phenoxy) is 1. The number of hydrogen-bond donors (Lipinski definition) is 1. The van der Waals surface area contributed by atoms with Gasteiger partial charge in [0.2, 0.25) is 5.88 Å². The lowest BCUT2D eigenvalue weighted by Gasteiger charge is -2.09. The summed E-state index contributed by atoms with van der Waals surface area (Å²) < 4.78 is 29.6. The summed E-state index contributed by atoms with van der Waals surface area (Å²) in [6.45, 7) is 1.42. The van der Waals surface area contributed by atoms with Crippen LogP contribution in [0.1, 0.15) is 28.0 Å². The van der Waals surface area contributed by atoms with Crippen molar-refractivity contribution in [3.63, 3.8) is 0 Å². The van der Waals surface area contributed by atoms with Crippen LogP contribution < -0.4 is 4.74 Å². The van der Waals surface area contributed by atoms with E-state index >= 15 is 0 Å². The van der Waals surface area contributed by atoms with Crippen molar-refractivity contribution in [1.82, 2.24) is 4.98 Å². The number of aromatic nitrogens is 1. The quantitative estimate of drug-likeness (QED) is 0.841. The summed E-state index contributed by atoms with van der Waals surface area (Å²) in [7, 11) is 1.20. The molecule has 0 atom stereocenters. The number of alkyl halides is 2. The molecule has 1 rings (SSSR count). The molecular weight excluding hydrogens is 208 g/mol. The third-order valence-corrected chi connectivity index (χ3v) is 1.86. The molecule has 0 bridgehead atoms. The number of aromatic carboxylic acids is 1. The molecule has 0 radical (unpaired) electrons. The second kappa shape index (κ2) is 4.20. The van der Waals surface area contributed by atoms with Gasteiger partial charge in [0, 0.05) is 0 Å². The van der Waals surface area contributed by atoms with Crippen LogP contribution in [-0.2, 0) is 0 Å². The number of nitrogens with zero attached hydrogens (tertiary/aromatic N) is 1. The van der Waals surface area contributed by atoms with Crippen LogP contribution in [0.4, 0.5) is 8.78 Å². The van der Waals surface area contributed by atoms with Gasteiger partial charge in [-0.1, -0.05) is 0 Å². The van der Waals surface area contributed by atoms with Crippen molar-refractivity contribution >= 4 is 5.97 Å². The zero-order valence-corrected chi connectivity index (χ0v) is 8.12. The Morgan fingerprint density at radius 3 is 2.60 bits per heavy atom. The first-order chi connectivity index (χ1) is 6.97. The fourth-order valence-corrected chi connectivity index (χ4v) is 1.14. The van der Waals surface area contributed by atoms with Crippen LogP contribution in [0.2, 0.25) is 0 Å². The van der Waals surface area contributed by atoms with Gasteiger partial charge in [-0.05, 0) is 13.0 Å². The Kier molecular flexibility index (Phi) is 3.18. The van der Waals surface area contributed by atoms with Crippen LogP contribution in [0.15, 0.2) is 6.07 Å². The van der Waals surface area contributed by atoms with Crippen molar-refractivity contribution in [2.24, 2.45) is 0 Å². The van der Waals surface area contributed by atoms with E-state index in [1.54, 1.807) is 0 Å². The topological polar surface area (TPSA) is 59.4 Å². The zero-order chi connectivity index (χ0) is 11.6. The first kappa shape index (κ1) is 11.4. The standard InChI is InChI=1S/C9H9F2NO3/c1-4-5(9(13)14)3-6(7(10)11)8(12-4)15-2/h3,7H,1-2H3,(H,13,14). The molecule has 0 spiro atoms. The molecule has 6 heteroatoms. The molecule has 0 aliphatic carbocycles. The van der Waals surface area contributed by atoms with Gasteiger partial charge in [0.1, 0.15) is 0 Å². The predicted octanol–water partition coefficient (Wildman–Crippen LogP) is 2.03. The normalized spacial score (nSPS) is 10.5. The van der Waals surface area contributed by atoms with Crippen LogP contribution in [0.5, 0.6) is 5.88 Å². The number of rotatable bonds is 3. The third kappa shape index (κ3) is 2.20. The second-order valence-electron chi connectivity index (χ2n) is 2.83. The molecule has 4 nitrogen and oxygen atoms in total. The maximum Gasteiger partial charge on any atom is 0.337 e. The summed E-state index contributed by atoms with van der Waals surface area (Å²) >= 11 is 0. The third-order valence-electron chi connectivity index (χ3n) is 1.86. The van der Waals surface area contributed by atoms with E-state index in [-0.39, 0.29) is 17.1 Å². The zero-order valence-electron chi connectivity index (χ0n) is 8.12. The van der Waals surface area contributed by atoms with E-state index in [0.29, 0.717) is 0 Å². The molecule has 0 aliphatic heterocycles. The van der Waals surface area contributed by atoms with Crippen molar-refractivity contribution in [2.75, 3.05) is 7.11 Å². The van der Waals surface area contributed by atoms with Gasteiger partial charge in [0.25, 0.3) is 6.43 Å². The SMILES string of the molecule is COc1nc(C)c(C(=O)O)cc1C(F)F. The molecule has 0 saturated carbocycles. The number of carboxylic acids is 1. The predicted molar refractivity (Wildman–Crippen MR) is 47.4 cm³/mol. The van der Waals surface area contributed by atoms with E-state index in [2.05, 4.69) is 9.72 Å². The molecule has 0 amide bonds. The molecule has 1 aromatic heterocycles. The Morgan fingerprint density at radius 2 is 2.20 bits per heavy atom. The molecule has 82 valence electrons. The van der Waals surface area contributed by atoms with E-state index in [1.165, 1.54) is 14.0 Å². The molecule has 0 fully saturated rings. The van der Waals surface area contributed by atoms with Gasteiger partial charge >= 0.3 is 5.97 Å². The fourth-order valence-electron chi connectivity index (χ4n) is 1.14. The van der Waals surface area contributed by atoms with Crippen LogP contribution in [-0.4, -0.2) is 23.2 Å². The molecule has 0 saturated heterocycles. The van der Waals surface area contributed by atoms with Gasteiger partial charge in [0.15, 0.2) is 0 Å². The average Bonchev–Trinajstić information content (AvgIpc) is 2.16. The first-order valence-electron chi connectivity index (χ1n) is 4.04. The Hall–Kier alpha value is -1.72. The van der Waals surface area contributed by atoms with Crippen LogP contribution >= 0.6 is 0 Å². The van der Waals surface area contributed by atoms with Crippen LogP contribution in [0.3, 0.4) is 0 Å². The summed E-state index contributed by atoms with van der Waals surface area (Å²) in [5.41, 5.74) is -0.615. The monoisotopic (exact) mass is 217 g/mol. The summed E-state index contributed by atoms with van der Waals surface area (Å²) in [5.74, 6) is -1.53. The highest BCUT2D eigenvalue weighted by molar-refractivity contribution is 5.89. The summed E-state index contributed by atoms with van der Waals surface area (Å²) in [4.78, 5) is 14.3. The maximum absolute atomic E-state index is 12.5. The molecule has 1 heterocycles. The van der Waals surface area contributed by atoms with Gasteiger partial charge in [-0.25, -0.2) is 18.6 Å². The lowest BCUT2D eigenvalue weighted by atomic mass is 10.1. The van der Waals surface area contributed by atoms with Gasteiger partial charge < -0.3 is 9.84 Å². The molecule has 0 aromatic carbocycles. The van der Waals surface area contributed by atoms with Gasteiger partial charge in [-0.3, -0.25) is 0 Å². The highest BCUT2D eigenvalue weighted by atomic mass is 19.3. The Bertz CT molecular complexity index is 393. The highest BCUT2D eigenvalue weighted by Gasteiger charge is 2.20. The number of carbonyl (C=O) groups is 1. The summed E-state index contributed by atoms with van der Waals surface area (Å²) in [5, 5.41) is 8.71. The largest absolute Gasteiger partial charge is 0.481 e. The second-order valence-corrected chi connectivity index (χ2v) is 2.83. The maximum atomic E-state index is 12.5. The van der Waals surface area contributed by atoms with E-state index in [4.69, 9.17) is 5.11 Å². The van der Waals surface area contributed by atoms with E-state index in [0.717, 1.165) is 6.07 Å². The minimum Gasteiger partial charge on any atom is -0.481 e. The molecule has 1 aromatic rings. The van der Waals surface area contributed by atoms with E-state index in [1.807, 2.05) is 0 Å². The Balaban J connectivity index is 3.37. The first-order valence-corrected chi connectivity index (χ1v) is 4.04. The van der Waals surface area contributed by atoms with Crippen molar-refractivity contribution in [1.29, 1.82) is 0 Å². The van der Waals surface area contributed by atoms with Gasteiger partial charge in [0.05, 0.1) is 23.9 Å². The summed E-state index contributed by atoms with van der Waals surface area (Å²) in [6, 6.07) is 0.883. The lowest BCUT2D eigenvalue weighted by Crippen LogP contribution is -2.06. The molecular formula is C9H9F2NO3. The number of halogens is 2. The number of carboxylic acid groups (broad SMARTS) is 1. The van der Waals surface area contributed by atoms with Gasteiger partial charge in [-0.15, -0.1) is 0 Å². The highest BCUT2D eigenvalue weighted by Crippen LogP contribution is 2.28. The van der Waals surface area contributed by atoms with Crippen molar-refractivity contribution in [2.45, 2.75) is 13.3 Å². The van der Waals surface area contributed by atoms with E-state index in [9.17, 15) is 13.6 Å². The number of pyridine rings is 1. The fraction of sp³-hybridized carbons (Fsp3) is 0.333. The number of aryl methyl sites for hydroxylation is 1. The molecule has 0 aliphatic rings. The Labute approximate surface area is 84.5 Å². The van der Waals surface area contributed by atoms with Crippen molar-refractivity contribution in [3.05, 3.63) is 22.9 Å². The average molecular weight is 217 g/mol. The lowest BCUT2D eigenvalue weighted by molar-refractivity contribution is 0.0695. The molecule has 1 N–H and O–H groups in total. The Morgan fingerprint density at radius 1 is 1.60 bits per heavy atom. The molecule has 0 unspecified atom stereocenters. The van der Waals surface area contributed by atoms with Crippen LogP contribution in [0.25, 0.3) is 0 Å². The smallest absolute Gasteiger partial charge is 0.337 e.